The maximum Gasteiger partial charge on any atom is 0.407 e. The van der Waals surface area contributed by atoms with Crippen molar-refractivity contribution in [3.63, 3.8) is 0 Å². The Morgan fingerprint density at radius 1 is 1.08 bits per heavy atom. The number of fused-ring (bicyclic) bond motifs is 5. The number of carbonyl (C=O) groups is 2. The lowest BCUT2D eigenvalue weighted by molar-refractivity contribution is -0.144. The molecule has 4 aliphatic rings. The molecular weight excluding hydrogens is 490 g/mol. The number of amides is 1. The largest absolute Gasteiger partial charge is 0.463 e. The van der Waals surface area contributed by atoms with Crippen LogP contribution in [0.5, 0.6) is 0 Å². The van der Waals surface area contributed by atoms with Crippen molar-refractivity contribution in [3.05, 3.63) is 11.6 Å². The number of hydrogen-bond acceptors (Lipinski definition) is 5. The zero-order chi connectivity index (χ0) is 28.2. The Balaban J connectivity index is 1.31. The van der Waals surface area contributed by atoms with Crippen molar-refractivity contribution in [1.82, 2.24) is 5.32 Å². The molecule has 4 aliphatic carbocycles. The predicted octanol–water partition coefficient (Wildman–Crippen LogP) is 7.05. The summed E-state index contributed by atoms with van der Waals surface area (Å²) in [6, 6.07) is 0. The number of aliphatic hydroxyl groups is 1. The molecule has 0 aromatic heterocycles. The Bertz CT molecular complexity index is 885. The van der Waals surface area contributed by atoms with E-state index < -0.39 is 12.1 Å². The number of allylic oxidation sites excluding steroid dienone is 1. The summed E-state index contributed by atoms with van der Waals surface area (Å²) in [5.74, 6) is 4.51. The zero-order valence-corrected chi connectivity index (χ0v) is 25.3. The molecule has 1 unspecified atom stereocenters. The van der Waals surface area contributed by atoms with Crippen molar-refractivity contribution in [2.45, 2.75) is 118 Å². The summed E-state index contributed by atoms with van der Waals surface area (Å²) in [6.07, 6.45) is 15.8. The Labute approximate surface area is 237 Å². The number of carbonyl (C=O) groups excluding carboxylic acids is 2. The molecule has 6 heteroatoms. The van der Waals surface area contributed by atoms with Gasteiger partial charge in [0.05, 0.1) is 13.0 Å². The van der Waals surface area contributed by atoms with Crippen LogP contribution in [-0.4, -0.2) is 43.0 Å². The molecule has 0 heterocycles. The van der Waals surface area contributed by atoms with Crippen LogP contribution in [-0.2, 0) is 14.3 Å². The van der Waals surface area contributed by atoms with E-state index in [4.69, 9.17) is 14.6 Å². The topological polar surface area (TPSA) is 84.9 Å². The second-order valence-corrected chi connectivity index (χ2v) is 14.2. The second-order valence-electron chi connectivity index (χ2n) is 14.2. The highest BCUT2D eigenvalue weighted by Gasteiger charge is 2.59. The molecule has 0 saturated heterocycles. The first-order valence-corrected chi connectivity index (χ1v) is 16.0. The van der Waals surface area contributed by atoms with E-state index in [1.54, 1.807) is 0 Å². The lowest BCUT2D eigenvalue weighted by Gasteiger charge is -2.58. The number of aliphatic hydroxyl groups excluding tert-OH is 1. The van der Waals surface area contributed by atoms with Crippen molar-refractivity contribution in [1.29, 1.82) is 0 Å². The SMILES string of the molecule is CC(C)CCCC(C)[C@H]1CC[C@H]2[C@@H]3CC=C4C[C@@H](OC(=O)NCCC(=O)OCCO)CC[C@]4(C)[C@H]3CC[C@]12C. The van der Waals surface area contributed by atoms with Crippen molar-refractivity contribution >= 4 is 12.1 Å². The highest BCUT2D eigenvalue weighted by Crippen LogP contribution is 2.67. The molecule has 4 rings (SSSR count). The molecule has 0 spiro atoms. The fraction of sp³-hybridized carbons (Fsp3) is 0.879. The average molecular weight is 546 g/mol. The summed E-state index contributed by atoms with van der Waals surface area (Å²) < 4.78 is 10.6. The van der Waals surface area contributed by atoms with E-state index >= 15 is 0 Å². The monoisotopic (exact) mass is 545 g/mol. The van der Waals surface area contributed by atoms with Crippen LogP contribution < -0.4 is 5.32 Å². The summed E-state index contributed by atoms with van der Waals surface area (Å²) in [4.78, 5) is 23.9. The third-order valence-electron chi connectivity index (χ3n) is 11.5. The summed E-state index contributed by atoms with van der Waals surface area (Å²) in [6.45, 7) is 12.4. The van der Waals surface area contributed by atoms with Crippen LogP contribution >= 0.6 is 0 Å². The standard InChI is InChI=1S/C33H55NO5/c1-22(2)7-6-8-23(3)27-11-12-28-26-10-9-24-21-25(39-31(37)34-18-15-30(36)38-20-19-35)13-16-32(24,4)29(26)14-17-33(27,28)5/h9,22-23,25-29,35H,6-8,10-21H2,1-5H3,(H,34,37)/t23?,25-,26-,27+,28-,29-,32-,33+/m0/s1. The van der Waals surface area contributed by atoms with Gasteiger partial charge < -0.3 is 19.9 Å². The van der Waals surface area contributed by atoms with Gasteiger partial charge in [-0.15, -0.1) is 0 Å². The van der Waals surface area contributed by atoms with Crippen LogP contribution in [0.15, 0.2) is 11.6 Å². The van der Waals surface area contributed by atoms with E-state index in [2.05, 4.69) is 46.0 Å². The summed E-state index contributed by atoms with van der Waals surface area (Å²) in [5, 5.41) is 11.4. The smallest absolute Gasteiger partial charge is 0.407 e. The number of hydrogen-bond donors (Lipinski definition) is 2. The highest BCUT2D eigenvalue weighted by atomic mass is 16.6. The fourth-order valence-corrected chi connectivity index (χ4v) is 9.44. The molecule has 0 aromatic rings. The molecule has 0 radical (unpaired) electrons. The molecule has 3 fully saturated rings. The lowest BCUT2D eigenvalue weighted by atomic mass is 9.47. The van der Waals surface area contributed by atoms with Gasteiger partial charge in [0.25, 0.3) is 0 Å². The van der Waals surface area contributed by atoms with Crippen LogP contribution in [0.4, 0.5) is 4.79 Å². The third kappa shape index (κ3) is 6.68. The molecule has 2 N–H and O–H groups in total. The molecule has 3 saturated carbocycles. The van der Waals surface area contributed by atoms with Crippen molar-refractivity contribution in [3.8, 4) is 0 Å². The minimum absolute atomic E-state index is 0.0147. The van der Waals surface area contributed by atoms with E-state index in [1.807, 2.05) is 0 Å². The first-order valence-electron chi connectivity index (χ1n) is 16.0. The average Bonchev–Trinajstić information content (AvgIpc) is 3.24. The number of alkyl carbamates (subject to hydrolysis) is 1. The lowest BCUT2D eigenvalue weighted by Crippen LogP contribution is -2.51. The van der Waals surface area contributed by atoms with Crippen molar-refractivity contribution < 1.29 is 24.2 Å². The van der Waals surface area contributed by atoms with E-state index in [-0.39, 0.29) is 37.7 Å². The summed E-state index contributed by atoms with van der Waals surface area (Å²) in [5.41, 5.74) is 2.25. The van der Waals surface area contributed by atoms with Gasteiger partial charge in [-0.05, 0) is 91.3 Å². The molecule has 0 bridgehead atoms. The summed E-state index contributed by atoms with van der Waals surface area (Å²) >= 11 is 0. The van der Waals surface area contributed by atoms with Crippen LogP contribution in [0.2, 0.25) is 0 Å². The van der Waals surface area contributed by atoms with Crippen LogP contribution in [0, 0.1) is 46.3 Å². The quantitative estimate of drug-likeness (QED) is 0.215. The van der Waals surface area contributed by atoms with E-state index in [9.17, 15) is 9.59 Å². The van der Waals surface area contributed by atoms with E-state index in [1.165, 1.54) is 56.9 Å². The summed E-state index contributed by atoms with van der Waals surface area (Å²) in [7, 11) is 0. The molecular formula is C33H55NO5. The van der Waals surface area contributed by atoms with Gasteiger partial charge in [0.1, 0.15) is 12.7 Å². The predicted molar refractivity (Wildman–Crippen MR) is 154 cm³/mol. The maximum absolute atomic E-state index is 12.4. The van der Waals surface area contributed by atoms with Crippen molar-refractivity contribution in [2.75, 3.05) is 19.8 Å². The Hall–Kier alpha value is -1.56. The zero-order valence-electron chi connectivity index (χ0n) is 25.3. The number of ether oxygens (including phenoxy) is 2. The fourth-order valence-electron chi connectivity index (χ4n) is 9.44. The van der Waals surface area contributed by atoms with Gasteiger partial charge in [-0.25, -0.2) is 4.79 Å². The molecule has 222 valence electrons. The Kier molecular flexibility index (Phi) is 10.1. The van der Waals surface area contributed by atoms with Crippen LogP contribution in [0.1, 0.15) is 112 Å². The second kappa shape index (κ2) is 13.0. The maximum atomic E-state index is 12.4. The van der Waals surface area contributed by atoms with Crippen molar-refractivity contribution in [2.24, 2.45) is 46.3 Å². The first-order chi connectivity index (χ1) is 18.6. The minimum atomic E-state index is -0.458. The van der Waals surface area contributed by atoms with Gasteiger partial charge in [-0.1, -0.05) is 65.5 Å². The molecule has 0 aromatic carbocycles. The van der Waals surface area contributed by atoms with E-state index in [0.717, 1.165) is 54.8 Å². The van der Waals surface area contributed by atoms with Crippen LogP contribution in [0.25, 0.3) is 0 Å². The molecule has 39 heavy (non-hydrogen) atoms. The molecule has 8 atom stereocenters. The number of esters is 1. The molecule has 6 nitrogen and oxygen atoms in total. The number of rotatable bonds is 11. The normalized spacial score (nSPS) is 36.3. The molecule has 0 aliphatic heterocycles. The van der Waals surface area contributed by atoms with Gasteiger partial charge in [0, 0.05) is 13.0 Å². The highest BCUT2D eigenvalue weighted by molar-refractivity contribution is 5.71. The molecule has 1 amide bonds. The number of nitrogens with one attached hydrogen (secondary N) is 1. The Morgan fingerprint density at radius 2 is 1.87 bits per heavy atom. The van der Waals surface area contributed by atoms with E-state index in [0.29, 0.717) is 5.41 Å². The Morgan fingerprint density at radius 3 is 2.62 bits per heavy atom. The third-order valence-corrected chi connectivity index (χ3v) is 11.5. The van der Waals surface area contributed by atoms with Crippen LogP contribution in [0.3, 0.4) is 0 Å². The van der Waals surface area contributed by atoms with Gasteiger partial charge in [0.15, 0.2) is 0 Å². The first kappa shape index (κ1) is 30.4. The van der Waals surface area contributed by atoms with Gasteiger partial charge >= 0.3 is 12.1 Å². The van der Waals surface area contributed by atoms with Gasteiger partial charge in [-0.3, -0.25) is 4.79 Å². The minimum Gasteiger partial charge on any atom is -0.463 e. The van der Waals surface area contributed by atoms with Gasteiger partial charge in [0.2, 0.25) is 0 Å². The van der Waals surface area contributed by atoms with Gasteiger partial charge in [-0.2, -0.15) is 0 Å².